The molecule has 102 valence electrons. The Bertz CT molecular complexity index is 695. The summed E-state index contributed by atoms with van der Waals surface area (Å²) in [6.45, 7) is 2.49. The summed E-state index contributed by atoms with van der Waals surface area (Å²) < 4.78 is 0. The van der Waals surface area contributed by atoms with E-state index in [9.17, 15) is 9.90 Å². The van der Waals surface area contributed by atoms with Crippen molar-refractivity contribution in [2.45, 2.75) is 13.3 Å². The zero-order valence-corrected chi connectivity index (χ0v) is 11.3. The number of nitrogen functional groups attached to an aromatic ring is 1. The number of benzene rings is 2. The van der Waals surface area contributed by atoms with E-state index in [2.05, 4.69) is 0 Å². The molecule has 0 aliphatic carbocycles. The third-order valence-electron chi connectivity index (χ3n) is 3.69. The summed E-state index contributed by atoms with van der Waals surface area (Å²) in [6.07, 6.45) is 0.750. The molecule has 0 bridgehead atoms. The van der Waals surface area contributed by atoms with E-state index >= 15 is 0 Å². The molecule has 1 aliphatic heterocycles. The maximum Gasteiger partial charge on any atom is 0.262 e. The fraction of sp³-hybridized carbons (Fsp3) is 0.188. The lowest BCUT2D eigenvalue weighted by molar-refractivity contribution is 0.0986. The molecular formula is C16H16N2O2. The Hall–Kier alpha value is -2.49. The van der Waals surface area contributed by atoms with E-state index in [0.717, 1.165) is 23.2 Å². The van der Waals surface area contributed by atoms with Crippen molar-refractivity contribution in [2.24, 2.45) is 0 Å². The molecule has 2 aromatic carbocycles. The van der Waals surface area contributed by atoms with Gasteiger partial charge in [-0.1, -0.05) is 17.7 Å². The second kappa shape index (κ2) is 4.56. The Morgan fingerprint density at radius 2 is 2.10 bits per heavy atom. The molecule has 3 rings (SSSR count). The summed E-state index contributed by atoms with van der Waals surface area (Å²) in [7, 11) is 0. The molecule has 0 fully saturated rings. The average Bonchev–Trinajstić information content (AvgIpc) is 2.86. The second-order valence-corrected chi connectivity index (χ2v) is 5.07. The number of nitrogens with two attached hydrogens (primary N) is 1. The minimum Gasteiger partial charge on any atom is -0.507 e. The fourth-order valence-electron chi connectivity index (χ4n) is 2.64. The minimum atomic E-state index is -0.185. The molecule has 2 aromatic rings. The van der Waals surface area contributed by atoms with Gasteiger partial charge in [0, 0.05) is 23.5 Å². The molecule has 1 heterocycles. The quantitative estimate of drug-likeness (QED) is 0.781. The number of phenols is 1. The normalized spacial score (nSPS) is 13.3. The average molecular weight is 268 g/mol. The van der Waals surface area contributed by atoms with Crippen molar-refractivity contribution in [3.05, 3.63) is 53.1 Å². The topological polar surface area (TPSA) is 66.6 Å². The zero-order chi connectivity index (χ0) is 14.3. The number of aryl methyl sites for hydroxylation is 1. The van der Waals surface area contributed by atoms with Crippen LogP contribution in [0.2, 0.25) is 0 Å². The van der Waals surface area contributed by atoms with Crippen LogP contribution in [0.15, 0.2) is 36.4 Å². The van der Waals surface area contributed by atoms with E-state index in [1.54, 1.807) is 23.1 Å². The molecule has 0 atom stereocenters. The number of anilines is 2. The summed E-state index contributed by atoms with van der Waals surface area (Å²) in [6, 6.07) is 10.6. The predicted octanol–water partition coefficient (Wildman–Crippen LogP) is 2.49. The van der Waals surface area contributed by atoms with Gasteiger partial charge in [-0.25, -0.2) is 0 Å². The highest BCUT2D eigenvalue weighted by Gasteiger charge is 2.28. The smallest absolute Gasteiger partial charge is 0.262 e. The van der Waals surface area contributed by atoms with E-state index in [4.69, 9.17) is 5.73 Å². The van der Waals surface area contributed by atoms with E-state index in [1.165, 1.54) is 0 Å². The van der Waals surface area contributed by atoms with Crippen LogP contribution in [0, 0.1) is 6.92 Å². The van der Waals surface area contributed by atoms with Crippen molar-refractivity contribution in [3.63, 3.8) is 0 Å². The summed E-state index contributed by atoms with van der Waals surface area (Å²) >= 11 is 0. The lowest BCUT2D eigenvalue weighted by Crippen LogP contribution is -2.29. The minimum absolute atomic E-state index is 0.0120. The number of hydrogen-bond donors (Lipinski definition) is 2. The van der Waals surface area contributed by atoms with Gasteiger partial charge in [0.05, 0.1) is 5.56 Å². The summed E-state index contributed by atoms with van der Waals surface area (Å²) in [5.74, 6) is -0.173. The molecule has 0 unspecified atom stereocenters. The van der Waals surface area contributed by atoms with Crippen LogP contribution in [0.5, 0.6) is 5.75 Å². The van der Waals surface area contributed by atoms with Crippen LogP contribution in [-0.4, -0.2) is 17.6 Å². The van der Waals surface area contributed by atoms with Crippen molar-refractivity contribution in [2.75, 3.05) is 17.2 Å². The van der Waals surface area contributed by atoms with Crippen molar-refractivity contribution >= 4 is 17.3 Å². The Balaban J connectivity index is 2.02. The molecule has 3 N–H and O–H groups in total. The number of carbonyl (C=O) groups is 1. The van der Waals surface area contributed by atoms with Gasteiger partial charge in [-0.05, 0) is 37.6 Å². The molecule has 0 aromatic heterocycles. The van der Waals surface area contributed by atoms with Crippen LogP contribution in [0.25, 0.3) is 0 Å². The monoisotopic (exact) mass is 268 g/mol. The van der Waals surface area contributed by atoms with Gasteiger partial charge in [0.15, 0.2) is 0 Å². The van der Waals surface area contributed by atoms with Gasteiger partial charge in [0.2, 0.25) is 0 Å². The Labute approximate surface area is 117 Å². The summed E-state index contributed by atoms with van der Waals surface area (Å²) in [5, 5.41) is 9.90. The predicted molar refractivity (Wildman–Crippen MR) is 79.1 cm³/mol. The van der Waals surface area contributed by atoms with Crippen LogP contribution in [-0.2, 0) is 6.42 Å². The van der Waals surface area contributed by atoms with Gasteiger partial charge in [-0.2, -0.15) is 0 Å². The number of hydrogen-bond acceptors (Lipinski definition) is 3. The van der Waals surface area contributed by atoms with Crippen LogP contribution in [0.1, 0.15) is 21.5 Å². The molecule has 0 saturated heterocycles. The maximum absolute atomic E-state index is 12.6. The highest BCUT2D eigenvalue weighted by molar-refractivity contribution is 6.09. The number of carbonyl (C=O) groups excluding carboxylic acids is 1. The Morgan fingerprint density at radius 3 is 2.90 bits per heavy atom. The molecule has 4 nitrogen and oxygen atoms in total. The van der Waals surface area contributed by atoms with Crippen molar-refractivity contribution in [1.29, 1.82) is 0 Å². The van der Waals surface area contributed by atoms with Gasteiger partial charge in [0.1, 0.15) is 5.75 Å². The van der Waals surface area contributed by atoms with E-state index in [1.807, 2.05) is 25.1 Å². The molecule has 0 spiro atoms. The Morgan fingerprint density at radius 1 is 1.30 bits per heavy atom. The molecule has 4 heteroatoms. The van der Waals surface area contributed by atoms with Crippen LogP contribution < -0.4 is 10.6 Å². The lowest BCUT2D eigenvalue weighted by atomic mass is 10.1. The first-order chi connectivity index (χ1) is 9.58. The maximum atomic E-state index is 12.6. The van der Waals surface area contributed by atoms with Gasteiger partial charge in [-0.15, -0.1) is 0 Å². The summed E-state index contributed by atoms with van der Waals surface area (Å²) in [4.78, 5) is 14.3. The fourth-order valence-corrected chi connectivity index (χ4v) is 2.64. The van der Waals surface area contributed by atoms with Crippen LogP contribution in [0.3, 0.4) is 0 Å². The first-order valence-corrected chi connectivity index (χ1v) is 6.57. The van der Waals surface area contributed by atoms with Crippen molar-refractivity contribution in [3.8, 4) is 5.75 Å². The van der Waals surface area contributed by atoms with Crippen LogP contribution >= 0.6 is 0 Å². The standard InChI is InChI=1S/C16H16N2O2/c1-10-5-6-15(19)12(9-10)16(20)18-8-7-11-13(17)3-2-4-14(11)18/h2-6,9,19H,7-8,17H2,1H3. The van der Waals surface area contributed by atoms with Gasteiger partial charge >= 0.3 is 0 Å². The van der Waals surface area contributed by atoms with Crippen molar-refractivity contribution < 1.29 is 9.90 Å². The number of fused-ring (bicyclic) bond motifs is 1. The number of rotatable bonds is 1. The zero-order valence-electron chi connectivity index (χ0n) is 11.3. The molecule has 0 saturated carbocycles. The van der Waals surface area contributed by atoms with E-state index in [-0.39, 0.29) is 11.7 Å². The highest BCUT2D eigenvalue weighted by atomic mass is 16.3. The number of nitrogens with zero attached hydrogens (tertiary/aromatic N) is 1. The second-order valence-electron chi connectivity index (χ2n) is 5.07. The molecule has 1 aliphatic rings. The summed E-state index contributed by atoms with van der Waals surface area (Å²) in [5.41, 5.74) is 9.78. The molecule has 1 amide bonds. The third-order valence-corrected chi connectivity index (χ3v) is 3.69. The van der Waals surface area contributed by atoms with E-state index in [0.29, 0.717) is 17.8 Å². The highest BCUT2D eigenvalue weighted by Crippen LogP contribution is 2.34. The van der Waals surface area contributed by atoms with Crippen molar-refractivity contribution in [1.82, 2.24) is 0 Å². The SMILES string of the molecule is Cc1ccc(O)c(C(=O)N2CCc3c(N)cccc32)c1. The van der Waals surface area contributed by atoms with Gasteiger partial charge in [0.25, 0.3) is 5.91 Å². The lowest BCUT2D eigenvalue weighted by Gasteiger charge is -2.18. The number of phenolic OH excluding ortho intramolecular Hbond substituents is 1. The first kappa shape index (κ1) is 12.5. The molecule has 20 heavy (non-hydrogen) atoms. The van der Waals surface area contributed by atoms with E-state index < -0.39 is 0 Å². The first-order valence-electron chi connectivity index (χ1n) is 6.57. The van der Waals surface area contributed by atoms with Gasteiger partial charge in [-0.3, -0.25) is 4.79 Å². The third kappa shape index (κ3) is 1.90. The van der Waals surface area contributed by atoms with Gasteiger partial charge < -0.3 is 15.7 Å². The molecular weight excluding hydrogens is 252 g/mol. The number of aromatic hydroxyl groups is 1. The number of amides is 1. The molecule has 0 radical (unpaired) electrons. The Kier molecular flexibility index (Phi) is 2.86. The largest absolute Gasteiger partial charge is 0.507 e. The van der Waals surface area contributed by atoms with Crippen LogP contribution in [0.4, 0.5) is 11.4 Å².